The van der Waals surface area contributed by atoms with E-state index in [4.69, 9.17) is 5.26 Å². The summed E-state index contributed by atoms with van der Waals surface area (Å²) >= 11 is 0. The third kappa shape index (κ3) is 1.04. The molecule has 1 aliphatic carbocycles. The van der Waals surface area contributed by atoms with E-state index in [1.165, 1.54) is 5.56 Å². The van der Waals surface area contributed by atoms with Gasteiger partial charge in [0.2, 0.25) is 0 Å². The largest absolute Gasteiger partial charge is 0.251 e. The van der Waals surface area contributed by atoms with Crippen LogP contribution in [0.4, 0.5) is 0 Å². The summed E-state index contributed by atoms with van der Waals surface area (Å²) in [5.74, 6) is 0. The molecule has 2 heteroatoms. The Bertz CT molecular complexity index is 257. The van der Waals surface area contributed by atoms with Crippen molar-refractivity contribution in [2.24, 2.45) is 0 Å². The molecule has 1 N–H and O–H groups in total. The van der Waals surface area contributed by atoms with Crippen molar-refractivity contribution in [3.8, 4) is 0 Å². The van der Waals surface area contributed by atoms with Crippen molar-refractivity contribution in [1.29, 1.82) is 0 Å². The molecule has 0 heterocycles. The van der Waals surface area contributed by atoms with Gasteiger partial charge in [-0.15, -0.1) is 0 Å². The molecule has 0 bridgehead atoms. The van der Waals surface area contributed by atoms with Crippen molar-refractivity contribution < 1.29 is 10.1 Å². The van der Waals surface area contributed by atoms with Crippen LogP contribution in [0.5, 0.6) is 0 Å². The quantitative estimate of drug-likeness (QED) is 0.491. The zero-order valence-electron chi connectivity index (χ0n) is 6.16. The molecule has 0 spiro atoms. The number of fused-ring (bicyclic) bond motifs is 1. The Morgan fingerprint density at radius 1 is 1.36 bits per heavy atom. The van der Waals surface area contributed by atoms with Gasteiger partial charge < -0.3 is 0 Å². The molecule has 0 amide bonds. The molecule has 58 valence electrons. The highest BCUT2D eigenvalue weighted by Gasteiger charge is 2.21. The van der Waals surface area contributed by atoms with Gasteiger partial charge in [-0.1, -0.05) is 24.3 Å². The summed E-state index contributed by atoms with van der Waals surface area (Å²) in [6.45, 7) is 0. The maximum Gasteiger partial charge on any atom is 0.118 e. The van der Waals surface area contributed by atoms with Crippen molar-refractivity contribution >= 4 is 0 Å². The van der Waals surface area contributed by atoms with E-state index in [0.29, 0.717) is 0 Å². The van der Waals surface area contributed by atoms with E-state index in [2.05, 4.69) is 11.0 Å². The highest BCUT2D eigenvalue weighted by Crippen LogP contribution is 2.32. The van der Waals surface area contributed by atoms with Gasteiger partial charge in [0, 0.05) is 0 Å². The molecule has 0 saturated heterocycles. The Kier molecular flexibility index (Phi) is 1.64. The third-order valence-corrected chi connectivity index (χ3v) is 2.21. The second-order valence-electron chi connectivity index (χ2n) is 2.83. The topological polar surface area (TPSA) is 29.5 Å². The van der Waals surface area contributed by atoms with Gasteiger partial charge in [0.25, 0.3) is 0 Å². The number of aryl methyl sites for hydroxylation is 1. The first-order chi connectivity index (χ1) is 5.42. The van der Waals surface area contributed by atoms with Crippen LogP contribution < -0.4 is 0 Å². The Labute approximate surface area is 65.4 Å². The van der Waals surface area contributed by atoms with E-state index in [0.717, 1.165) is 18.4 Å². The minimum absolute atomic E-state index is 0.0915. The lowest BCUT2D eigenvalue weighted by Gasteiger charge is -2.05. The number of benzene rings is 1. The van der Waals surface area contributed by atoms with E-state index in [1.54, 1.807) is 0 Å². The monoisotopic (exact) mass is 150 g/mol. The average Bonchev–Trinajstić information content (AvgIpc) is 2.47. The Balaban J connectivity index is 2.39. The lowest BCUT2D eigenvalue weighted by Crippen LogP contribution is -1.94. The first kappa shape index (κ1) is 6.83. The second kappa shape index (κ2) is 2.64. The maximum atomic E-state index is 8.51. The number of hydrogen-bond acceptors (Lipinski definition) is 2. The zero-order chi connectivity index (χ0) is 7.68. The summed E-state index contributed by atoms with van der Waals surface area (Å²) in [7, 11) is 0. The van der Waals surface area contributed by atoms with Gasteiger partial charge in [-0.25, -0.2) is 4.89 Å². The molecule has 0 aliphatic heterocycles. The van der Waals surface area contributed by atoms with E-state index in [1.807, 2.05) is 18.2 Å². The second-order valence-corrected chi connectivity index (χ2v) is 2.83. The van der Waals surface area contributed by atoms with Gasteiger partial charge in [0.15, 0.2) is 0 Å². The molecule has 1 aromatic rings. The van der Waals surface area contributed by atoms with Crippen LogP contribution in [0.15, 0.2) is 24.3 Å². The van der Waals surface area contributed by atoms with E-state index in [-0.39, 0.29) is 6.10 Å². The van der Waals surface area contributed by atoms with Crippen molar-refractivity contribution in [3.05, 3.63) is 35.4 Å². The van der Waals surface area contributed by atoms with Crippen LogP contribution in [0.3, 0.4) is 0 Å². The fourth-order valence-electron chi connectivity index (χ4n) is 1.63. The highest BCUT2D eigenvalue weighted by molar-refractivity contribution is 5.33. The van der Waals surface area contributed by atoms with E-state index < -0.39 is 0 Å². The molecule has 2 nitrogen and oxygen atoms in total. The van der Waals surface area contributed by atoms with Crippen LogP contribution in [0, 0.1) is 0 Å². The zero-order valence-corrected chi connectivity index (χ0v) is 6.16. The molecule has 0 aromatic heterocycles. The predicted molar refractivity (Wildman–Crippen MR) is 41.2 cm³/mol. The van der Waals surface area contributed by atoms with Gasteiger partial charge >= 0.3 is 0 Å². The molecule has 11 heavy (non-hydrogen) atoms. The minimum atomic E-state index is -0.0915. The van der Waals surface area contributed by atoms with Crippen LogP contribution in [0.25, 0.3) is 0 Å². The number of hydrogen-bond donors (Lipinski definition) is 1. The van der Waals surface area contributed by atoms with Gasteiger partial charge in [-0.2, -0.15) is 0 Å². The molecule has 1 aromatic carbocycles. The van der Waals surface area contributed by atoms with Crippen molar-refractivity contribution in [2.45, 2.75) is 18.9 Å². The molecule has 1 atom stereocenters. The van der Waals surface area contributed by atoms with E-state index >= 15 is 0 Å². The fraction of sp³-hybridized carbons (Fsp3) is 0.333. The summed E-state index contributed by atoms with van der Waals surface area (Å²) in [6.07, 6.45) is 1.82. The molecule has 0 radical (unpaired) electrons. The van der Waals surface area contributed by atoms with Crippen molar-refractivity contribution in [2.75, 3.05) is 0 Å². The van der Waals surface area contributed by atoms with Gasteiger partial charge in [-0.05, 0) is 24.0 Å². The molecular weight excluding hydrogens is 140 g/mol. The first-order valence-electron chi connectivity index (χ1n) is 3.80. The van der Waals surface area contributed by atoms with Crippen LogP contribution >= 0.6 is 0 Å². The standard InChI is InChI=1S/C9H10O2/c10-11-9-6-5-7-3-1-2-4-8(7)9/h1-4,9-10H,5-6H2. The average molecular weight is 150 g/mol. The molecule has 1 unspecified atom stereocenters. The summed E-state index contributed by atoms with van der Waals surface area (Å²) in [6, 6.07) is 8.06. The summed E-state index contributed by atoms with van der Waals surface area (Å²) < 4.78 is 0. The van der Waals surface area contributed by atoms with Gasteiger partial charge in [0.1, 0.15) is 6.10 Å². The maximum absolute atomic E-state index is 8.51. The SMILES string of the molecule is OOC1CCc2ccccc21. The Morgan fingerprint density at radius 2 is 2.18 bits per heavy atom. The molecule has 0 fully saturated rings. The summed E-state index contributed by atoms with van der Waals surface area (Å²) in [5, 5.41) is 8.51. The molecule has 2 rings (SSSR count). The van der Waals surface area contributed by atoms with Crippen LogP contribution in [0.1, 0.15) is 23.7 Å². The smallest absolute Gasteiger partial charge is 0.118 e. The first-order valence-corrected chi connectivity index (χ1v) is 3.80. The number of rotatable bonds is 1. The molecule has 1 aliphatic rings. The summed E-state index contributed by atoms with van der Waals surface area (Å²) in [4.78, 5) is 4.34. The van der Waals surface area contributed by atoms with Crippen molar-refractivity contribution in [3.63, 3.8) is 0 Å². The normalized spacial score (nSPS) is 21.7. The molecule has 0 saturated carbocycles. The lowest BCUT2D eigenvalue weighted by molar-refractivity contribution is -0.280. The summed E-state index contributed by atoms with van der Waals surface area (Å²) in [5.41, 5.74) is 2.43. The van der Waals surface area contributed by atoms with Crippen LogP contribution in [-0.2, 0) is 11.3 Å². The molecular formula is C9H10O2. The lowest BCUT2D eigenvalue weighted by atomic mass is 10.1. The van der Waals surface area contributed by atoms with Gasteiger partial charge in [-0.3, -0.25) is 5.26 Å². The Morgan fingerprint density at radius 3 is 3.00 bits per heavy atom. The van der Waals surface area contributed by atoms with Crippen LogP contribution in [-0.4, -0.2) is 5.26 Å². The van der Waals surface area contributed by atoms with Gasteiger partial charge in [0.05, 0.1) is 0 Å². The van der Waals surface area contributed by atoms with Crippen LogP contribution in [0.2, 0.25) is 0 Å². The minimum Gasteiger partial charge on any atom is -0.251 e. The van der Waals surface area contributed by atoms with E-state index in [9.17, 15) is 0 Å². The Hall–Kier alpha value is -0.860. The highest BCUT2D eigenvalue weighted by atomic mass is 17.1. The van der Waals surface area contributed by atoms with Crippen molar-refractivity contribution in [1.82, 2.24) is 0 Å². The predicted octanol–water partition coefficient (Wildman–Crippen LogP) is 2.16. The third-order valence-electron chi connectivity index (χ3n) is 2.21. The fourth-order valence-corrected chi connectivity index (χ4v) is 1.63.